The van der Waals surface area contributed by atoms with Crippen LogP contribution in [0.3, 0.4) is 0 Å². The molecular weight excluding hydrogens is 444 g/mol. The molecule has 8 heteroatoms. The standard InChI is InChI=1S/C25H25F2N3O2S/c1-3-30-22-8-5-4-7-18(22)19(24(30)23-9-6-14-33-23)16-29(12-13-32-2)25(31)28-21-11-10-17(26)15-20(21)27/h4-11,14-15H,3,12-13,16H2,1-2H3,(H,28,31). The molecule has 5 nitrogen and oxygen atoms in total. The zero-order chi connectivity index (χ0) is 23.4. The fraction of sp³-hybridized carbons (Fsp3) is 0.240. The van der Waals surface area contributed by atoms with Crippen LogP contribution in [0.25, 0.3) is 21.5 Å². The van der Waals surface area contributed by atoms with Gasteiger partial charge in [0.15, 0.2) is 0 Å². The first-order chi connectivity index (χ1) is 16.0. The summed E-state index contributed by atoms with van der Waals surface area (Å²) in [6, 6.07) is 14.8. The van der Waals surface area contributed by atoms with Gasteiger partial charge in [-0.3, -0.25) is 0 Å². The number of rotatable bonds is 8. The summed E-state index contributed by atoms with van der Waals surface area (Å²) < 4.78 is 34.9. The van der Waals surface area contributed by atoms with Gasteiger partial charge in [0.25, 0.3) is 0 Å². The SMILES string of the molecule is CCn1c(-c2cccs2)c(CN(CCOC)C(=O)Nc2ccc(F)cc2F)c2ccccc21. The molecule has 0 bridgehead atoms. The minimum absolute atomic E-state index is 0.0710. The maximum atomic E-state index is 14.2. The number of thiophene rings is 1. The highest BCUT2D eigenvalue weighted by Gasteiger charge is 2.23. The van der Waals surface area contributed by atoms with Crippen LogP contribution in [0.1, 0.15) is 12.5 Å². The number of para-hydroxylation sites is 1. The Hall–Kier alpha value is -3.23. The molecule has 172 valence electrons. The molecule has 0 radical (unpaired) electrons. The van der Waals surface area contributed by atoms with Crippen molar-refractivity contribution in [3.63, 3.8) is 0 Å². The Morgan fingerprint density at radius 3 is 2.67 bits per heavy atom. The lowest BCUT2D eigenvalue weighted by Crippen LogP contribution is -2.37. The Morgan fingerprint density at radius 2 is 1.97 bits per heavy atom. The molecule has 33 heavy (non-hydrogen) atoms. The molecular formula is C25H25F2N3O2S. The van der Waals surface area contributed by atoms with Crippen molar-refractivity contribution >= 4 is 34.0 Å². The van der Waals surface area contributed by atoms with Crippen molar-refractivity contribution in [2.75, 3.05) is 25.6 Å². The number of benzene rings is 2. The van der Waals surface area contributed by atoms with Crippen LogP contribution in [0.15, 0.2) is 60.0 Å². The number of anilines is 1. The van der Waals surface area contributed by atoms with E-state index in [0.717, 1.165) is 45.7 Å². The molecule has 0 aliphatic carbocycles. The fourth-order valence-corrected chi connectivity index (χ4v) is 4.79. The van der Waals surface area contributed by atoms with Crippen LogP contribution in [0.5, 0.6) is 0 Å². The van der Waals surface area contributed by atoms with E-state index in [1.165, 1.54) is 6.07 Å². The second-order valence-corrected chi connectivity index (χ2v) is 8.48. The number of nitrogens with zero attached hydrogens (tertiary/aromatic N) is 2. The van der Waals surface area contributed by atoms with Gasteiger partial charge in [-0.25, -0.2) is 13.6 Å². The quantitative estimate of drug-likeness (QED) is 0.327. The summed E-state index contributed by atoms with van der Waals surface area (Å²) in [7, 11) is 1.57. The maximum absolute atomic E-state index is 14.2. The van der Waals surface area contributed by atoms with Crippen molar-refractivity contribution in [3.05, 3.63) is 77.2 Å². The number of ether oxygens (including phenoxy) is 1. The summed E-state index contributed by atoms with van der Waals surface area (Å²) in [5.74, 6) is -1.52. The van der Waals surface area contributed by atoms with Gasteiger partial charge in [0.1, 0.15) is 11.6 Å². The molecule has 0 fully saturated rings. The lowest BCUT2D eigenvalue weighted by Gasteiger charge is -2.24. The van der Waals surface area contributed by atoms with Crippen LogP contribution in [-0.2, 0) is 17.8 Å². The number of carbonyl (C=O) groups is 1. The maximum Gasteiger partial charge on any atom is 0.322 e. The zero-order valence-electron chi connectivity index (χ0n) is 18.5. The molecule has 2 amide bonds. The number of fused-ring (bicyclic) bond motifs is 1. The van der Waals surface area contributed by atoms with Crippen LogP contribution in [0, 0.1) is 11.6 Å². The van der Waals surface area contributed by atoms with E-state index in [1.54, 1.807) is 23.3 Å². The van der Waals surface area contributed by atoms with Gasteiger partial charge in [0.2, 0.25) is 0 Å². The third kappa shape index (κ3) is 4.77. The summed E-state index contributed by atoms with van der Waals surface area (Å²) in [5.41, 5.74) is 3.10. The number of hydrogen-bond acceptors (Lipinski definition) is 3. The third-order valence-corrected chi connectivity index (χ3v) is 6.40. The van der Waals surface area contributed by atoms with E-state index in [2.05, 4.69) is 35.0 Å². The summed E-state index contributed by atoms with van der Waals surface area (Å²) in [4.78, 5) is 15.9. The van der Waals surface area contributed by atoms with Gasteiger partial charge in [-0.2, -0.15) is 0 Å². The number of hydrogen-bond donors (Lipinski definition) is 1. The lowest BCUT2D eigenvalue weighted by molar-refractivity contribution is 0.153. The highest BCUT2D eigenvalue weighted by molar-refractivity contribution is 7.13. The minimum Gasteiger partial charge on any atom is -0.383 e. The van der Waals surface area contributed by atoms with Crippen molar-refractivity contribution in [1.29, 1.82) is 0 Å². The third-order valence-electron chi connectivity index (χ3n) is 5.52. The number of aryl methyl sites for hydroxylation is 1. The van der Waals surface area contributed by atoms with Gasteiger partial charge in [-0.1, -0.05) is 24.3 Å². The topological polar surface area (TPSA) is 46.5 Å². The van der Waals surface area contributed by atoms with Gasteiger partial charge < -0.3 is 19.5 Å². The second-order valence-electron chi connectivity index (χ2n) is 7.53. The van der Waals surface area contributed by atoms with Gasteiger partial charge in [-0.05, 0) is 36.6 Å². The van der Waals surface area contributed by atoms with Crippen molar-refractivity contribution in [2.24, 2.45) is 0 Å². The predicted octanol–water partition coefficient (Wildman–Crippen LogP) is 6.35. The van der Waals surface area contributed by atoms with Gasteiger partial charge in [-0.15, -0.1) is 11.3 Å². The summed E-state index contributed by atoms with van der Waals surface area (Å²) in [6.07, 6.45) is 0. The second kappa shape index (κ2) is 10.1. The lowest BCUT2D eigenvalue weighted by atomic mass is 10.1. The summed E-state index contributed by atoms with van der Waals surface area (Å²) in [6.45, 7) is 3.80. The number of halogens is 2. The summed E-state index contributed by atoms with van der Waals surface area (Å²) in [5, 5.41) is 5.67. The number of carbonyl (C=O) groups excluding carboxylic acids is 1. The predicted molar refractivity (Wildman–Crippen MR) is 129 cm³/mol. The molecule has 0 saturated carbocycles. The van der Waals surface area contributed by atoms with Crippen LogP contribution in [-0.4, -0.2) is 35.8 Å². The molecule has 0 aliphatic heterocycles. The van der Waals surface area contributed by atoms with Crippen LogP contribution in [0.4, 0.5) is 19.3 Å². The Balaban J connectivity index is 1.74. The first kappa shape index (κ1) is 22.9. The van der Waals surface area contributed by atoms with Gasteiger partial charge in [0, 0.05) is 42.7 Å². The number of methoxy groups -OCH3 is 1. The van der Waals surface area contributed by atoms with E-state index in [9.17, 15) is 13.6 Å². The number of aromatic nitrogens is 1. The van der Waals surface area contributed by atoms with Crippen LogP contribution >= 0.6 is 11.3 Å². The molecule has 2 heterocycles. The van der Waals surface area contributed by atoms with E-state index in [0.29, 0.717) is 19.7 Å². The van der Waals surface area contributed by atoms with Crippen molar-refractivity contribution in [2.45, 2.75) is 20.0 Å². The molecule has 1 N–H and O–H groups in total. The number of nitrogens with one attached hydrogen (secondary N) is 1. The Labute approximate surface area is 195 Å². The Morgan fingerprint density at radius 1 is 1.15 bits per heavy atom. The van der Waals surface area contributed by atoms with E-state index >= 15 is 0 Å². The van der Waals surface area contributed by atoms with E-state index in [4.69, 9.17) is 4.74 Å². The van der Waals surface area contributed by atoms with Crippen molar-refractivity contribution < 1.29 is 18.3 Å². The first-order valence-electron chi connectivity index (χ1n) is 10.7. The highest BCUT2D eigenvalue weighted by Crippen LogP contribution is 2.37. The fourth-order valence-electron chi connectivity index (χ4n) is 3.99. The molecule has 0 atom stereocenters. The Bertz CT molecular complexity index is 1250. The molecule has 0 unspecified atom stereocenters. The molecule has 0 spiro atoms. The van der Waals surface area contributed by atoms with E-state index < -0.39 is 17.7 Å². The summed E-state index contributed by atoms with van der Waals surface area (Å²) >= 11 is 1.64. The van der Waals surface area contributed by atoms with E-state index in [-0.39, 0.29) is 5.69 Å². The smallest absolute Gasteiger partial charge is 0.322 e. The average Bonchev–Trinajstić information content (AvgIpc) is 3.44. The van der Waals surface area contributed by atoms with Crippen molar-refractivity contribution in [3.8, 4) is 10.6 Å². The normalized spacial score (nSPS) is 11.2. The molecule has 0 aliphatic rings. The van der Waals surface area contributed by atoms with Gasteiger partial charge in [0.05, 0.1) is 29.4 Å². The number of urea groups is 1. The first-order valence-corrected chi connectivity index (χ1v) is 11.5. The molecule has 2 aromatic carbocycles. The zero-order valence-corrected chi connectivity index (χ0v) is 19.3. The van der Waals surface area contributed by atoms with Crippen LogP contribution in [0.2, 0.25) is 0 Å². The number of amides is 2. The monoisotopic (exact) mass is 469 g/mol. The highest BCUT2D eigenvalue weighted by atomic mass is 32.1. The molecule has 4 aromatic rings. The van der Waals surface area contributed by atoms with E-state index in [1.807, 2.05) is 23.6 Å². The molecule has 4 rings (SSSR count). The average molecular weight is 470 g/mol. The molecule has 0 saturated heterocycles. The Kier molecular flexibility index (Phi) is 7.05. The van der Waals surface area contributed by atoms with Crippen LogP contribution < -0.4 is 5.32 Å². The molecule has 2 aromatic heterocycles. The van der Waals surface area contributed by atoms with Gasteiger partial charge >= 0.3 is 6.03 Å². The minimum atomic E-state index is -0.822. The largest absolute Gasteiger partial charge is 0.383 e. The van der Waals surface area contributed by atoms with Crippen molar-refractivity contribution in [1.82, 2.24) is 9.47 Å².